The van der Waals surface area contributed by atoms with E-state index < -0.39 is 0 Å². The largest absolute Gasteiger partial charge is 0.484 e. The lowest BCUT2D eigenvalue weighted by molar-refractivity contribution is 0.106. The van der Waals surface area contributed by atoms with Crippen molar-refractivity contribution in [3.63, 3.8) is 0 Å². The van der Waals surface area contributed by atoms with E-state index in [2.05, 4.69) is 60.7 Å². The van der Waals surface area contributed by atoms with Gasteiger partial charge in [0.2, 0.25) is 0 Å². The molecular weight excluding hydrogens is 274 g/mol. The van der Waals surface area contributed by atoms with E-state index in [0.717, 1.165) is 45.0 Å². The monoisotopic (exact) mass is 301 g/mol. The van der Waals surface area contributed by atoms with Gasteiger partial charge < -0.3 is 19.9 Å². The summed E-state index contributed by atoms with van der Waals surface area (Å²) in [5.74, 6) is 0.994. The molecular formula is C18H27N3O. The van der Waals surface area contributed by atoms with E-state index in [1.165, 1.54) is 16.9 Å². The number of rotatable bonds is 3. The summed E-state index contributed by atoms with van der Waals surface area (Å²) in [7, 11) is 0. The van der Waals surface area contributed by atoms with E-state index in [-0.39, 0.29) is 5.60 Å². The molecule has 0 aromatic heterocycles. The maximum absolute atomic E-state index is 6.25. The molecule has 2 heterocycles. The van der Waals surface area contributed by atoms with Crippen molar-refractivity contribution in [3.8, 4) is 5.75 Å². The van der Waals surface area contributed by atoms with E-state index in [0.29, 0.717) is 0 Å². The molecule has 1 aromatic rings. The highest BCUT2D eigenvalue weighted by atomic mass is 16.5. The zero-order valence-electron chi connectivity index (χ0n) is 14.0. The number of anilines is 2. The smallest absolute Gasteiger partial charge is 0.145 e. The molecule has 0 saturated carbocycles. The summed E-state index contributed by atoms with van der Waals surface area (Å²) in [6.45, 7) is 16.4. The third-order valence-electron chi connectivity index (χ3n) is 4.17. The molecule has 0 bridgehead atoms. The first-order chi connectivity index (χ1) is 10.5. The van der Waals surface area contributed by atoms with Crippen LogP contribution in [0.4, 0.5) is 11.4 Å². The molecule has 4 nitrogen and oxygen atoms in total. The van der Waals surface area contributed by atoms with Gasteiger partial charge in [-0.3, -0.25) is 0 Å². The zero-order valence-corrected chi connectivity index (χ0v) is 14.0. The lowest BCUT2D eigenvalue weighted by atomic mass is 10.0. The fourth-order valence-corrected chi connectivity index (χ4v) is 3.40. The third-order valence-corrected chi connectivity index (χ3v) is 4.17. The van der Waals surface area contributed by atoms with Gasteiger partial charge >= 0.3 is 0 Å². The van der Waals surface area contributed by atoms with Crippen molar-refractivity contribution in [1.82, 2.24) is 5.32 Å². The van der Waals surface area contributed by atoms with Crippen molar-refractivity contribution in [2.45, 2.75) is 26.4 Å². The van der Waals surface area contributed by atoms with Gasteiger partial charge in [0.1, 0.15) is 17.0 Å². The molecule has 3 rings (SSSR count). The van der Waals surface area contributed by atoms with Crippen LogP contribution in [-0.4, -0.2) is 44.9 Å². The van der Waals surface area contributed by atoms with Crippen LogP contribution in [0.5, 0.6) is 5.75 Å². The molecule has 120 valence electrons. The average molecular weight is 301 g/mol. The van der Waals surface area contributed by atoms with Gasteiger partial charge in [-0.15, -0.1) is 0 Å². The second kappa shape index (κ2) is 5.84. The van der Waals surface area contributed by atoms with Crippen molar-refractivity contribution in [3.05, 3.63) is 30.4 Å². The van der Waals surface area contributed by atoms with Crippen LogP contribution in [0.3, 0.4) is 0 Å². The minimum absolute atomic E-state index is 0.176. The van der Waals surface area contributed by atoms with E-state index in [1.54, 1.807) is 0 Å². The van der Waals surface area contributed by atoms with Crippen LogP contribution in [0.25, 0.3) is 0 Å². The Hall–Kier alpha value is -1.68. The number of hydrogen-bond donors (Lipinski definition) is 1. The Morgan fingerprint density at radius 3 is 2.73 bits per heavy atom. The Balaban J connectivity index is 2.01. The summed E-state index contributed by atoms with van der Waals surface area (Å²) in [5.41, 5.74) is 3.52. The SMILES string of the molecule is C=C(C)CN1CC(C)(C)Oc2cccc(N3CCNCC3)c21. The normalized spacial score (nSPS) is 20.3. The van der Waals surface area contributed by atoms with Crippen molar-refractivity contribution in [2.75, 3.05) is 49.1 Å². The Bertz CT molecular complexity index is 561. The Morgan fingerprint density at radius 2 is 2.05 bits per heavy atom. The highest BCUT2D eigenvalue weighted by molar-refractivity contribution is 5.79. The predicted octanol–water partition coefficient (Wildman–Crippen LogP) is 2.65. The van der Waals surface area contributed by atoms with E-state index in [9.17, 15) is 0 Å². The number of para-hydroxylation sites is 1. The first-order valence-electron chi connectivity index (χ1n) is 8.13. The lowest BCUT2D eigenvalue weighted by Crippen LogP contribution is -2.49. The van der Waals surface area contributed by atoms with Gasteiger partial charge in [0.15, 0.2) is 0 Å². The van der Waals surface area contributed by atoms with Crippen LogP contribution in [0.2, 0.25) is 0 Å². The molecule has 2 aliphatic rings. The van der Waals surface area contributed by atoms with Gasteiger partial charge in [0.05, 0.1) is 12.2 Å². The van der Waals surface area contributed by atoms with Gasteiger partial charge in [0, 0.05) is 32.7 Å². The summed E-state index contributed by atoms with van der Waals surface area (Å²) < 4.78 is 6.25. The molecule has 0 aliphatic carbocycles. The van der Waals surface area contributed by atoms with Gasteiger partial charge in [-0.05, 0) is 32.9 Å². The van der Waals surface area contributed by atoms with E-state index in [4.69, 9.17) is 4.74 Å². The summed E-state index contributed by atoms with van der Waals surface area (Å²) in [5, 5.41) is 3.42. The summed E-state index contributed by atoms with van der Waals surface area (Å²) >= 11 is 0. The zero-order chi connectivity index (χ0) is 15.7. The molecule has 0 spiro atoms. The first-order valence-corrected chi connectivity index (χ1v) is 8.13. The summed E-state index contributed by atoms with van der Waals surface area (Å²) in [4.78, 5) is 4.89. The standard InChI is InChI=1S/C18H27N3O/c1-14(2)12-21-13-18(3,4)22-16-7-5-6-15(17(16)21)20-10-8-19-9-11-20/h5-7,19H,1,8-13H2,2-4H3. The fourth-order valence-electron chi connectivity index (χ4n) is 3.40. The minimum Gasteiger partial charge on any atom is -0.484 e. The maximum Gasteiger partial charge on any atom is 0.145 e. The highest BCUT2D eigenvalue weighted by Gasteiger charge is 2.34. The molecule has 0 atom stereocenters. The van der Waals surface area contributed by atoms with Crippen LogP contribution in [0.1, 0.15) is 20.8 Å². The molecule has 2 aliphatic heterocycles. The maximum atomic E-state index is 6.25. The topological polar surface area (TPSA) is 27.7 Å². The van der Waals surface area contributed by atoms with Gasteiger partial charge in [-0.25, -0.2) is 0 Å². The average Bonchev–Trinajstić information content (AvgIpc) is 2.45. The van der Waals surface area contributed by atoms with E-state index in [1.807, 2.05) is 0 Å². The summed E-state index contributed by atoms with van der Waals surface area (Å²) in [6.07, 6.45) is 0. The quantitative estimate of drug-likeness (QED) is 0.869. The molecule has 0 unspecified atom stereocenters. The van der Waals surface area contributed by atoms with Crippen LogP contribution < -0.4 is 19.9 Å². The van der Waals surface area contributed by atoms with Crippen LogP contribution >= 0.6 is 0 Å². The predicted molar refractivity (Wildman–Crippen MR) is 93.3 cm³/mol. The second-order valence-electron chi connectivity index (χ2n) is 7.04. The first kappa shape index (κ1) is 15.2. The van der Waals surface area contributed by atoms with Crippen molar-refractivity contribution in [1.29, 1.82) is 0 Å². The van der Waals surface area contributed by atoms with Crippen molar-refractivity contribution >= 4 is 11.4 Å². The molecule has 0 amide bonds. The molecule has 1 N–H and O–H groups in total. The van der Waals surface area contributed by atoms with Gasteiger partial charge in [0.25, 0.3) is 0 Å². The Morgan fingerprint density at radius 1 is 1.32 bits per heavy atom. The molecule has 1 saturated heterocycles. The third kappa shape index (κ3) is 3.07. The number of piperazine rings is 1. The molecule has 1 aromatic carbocycles. The minimum atomic E-state index is -0.176. The van der Waals surface area contributed by atoms with Crippen LogP contribution in [-0.2, 0) is 0 Å². The van der Waals surface area contributed by atoms with E-state index >= 15 is 0 Å². The molecule has 1 fully saturated rings. The Kier molecular flexibility index (Phi) is 4.04. The number of ether oxygens (including phenoxy) is 1. The number of fused-ring (bicyclic) bond motifs is 1. The molecule has 0 radical (unpaired) electrons. The highest BCUT2D eigenvalue weighted by Crippen LogP contribution is 2.44. The van der Waals surface area contributed by atoms with Crippen molar-refractivity contribution < 1.29 is 4.74 Å². The van der Waals surface area contributed by atoms with Crippen LogP contribution in [0, 0.1) is 0 Å². The number of nitrogens with zero attached hydrogens (tertiary/aromatic N) is 2. The summed E-state index contributed by atoms with van der Waals surface area (Å²) in [6, 6.07) is 6.42. The number of benzene rings is 1. The number of nitrogens with one attached hydrogen (secondary N) is 1. The van der Waals surface area contributed by atoms with Gasteiger partial charge in [-0.1, -0.05) is 18.2 Å². The van der Waals surface area contributed by atoms with Gasteiger partial charge in [-0.2, -0.15) is 0 Å². The molecule has 4 heteroatoms. The molecule has 22 heavy (non-hydrogen) atoms. The number of hydrogen-bond acceptors (Lipinski definition) is 4. The Labute approximate surface area is 133 Å². The fraction of sp³-hybridized carbons (Fsp3) is 0.556. The second-order valence-corrected chi connectivity index (χ2v) is 7.04. The lowest BCUT2D eigenvalue weighted by Gasteiger charge is -2.43. The van der Waals surface area contributed by atoms with Crippen LogP contribution in [0.15, 0.2) is 30.4 Å². The van der Waals surface area contributed by atoms with Crippen molar-refractivity contribution in [2.24, 2.45) is 0 Å².